The number of likely N-dealkylation sites (N-methyl/N-ethyl adjacent to an activating group) is 1. The number of quaternary nitrogens is 2. The van der Waals surface area contributed by atoms with Gasteiger partial charge in [-0.05, 0) is 17.0 Å². The first kappa shape index (κ1) is 17.6. The third-order valence-electron chi connectivity index (χ3n) is 4.52. The first-order chi connectivity index (χ1) is 11.0. The number of nitrogens with zero attached hydrogens (tertiary/aromatic N) is 1. The van der Waals surface area contributed by atoms with Gasteiger partial charge in [0.15, 0.2) is 0 Å². The molecule has 0 aliphatic carbocycles. The number of hydrazone groups is 1. The number of benzene rings is 1. The Morgan fingerprint density at radius 3 is 2.48 bits per heavy atom. The topological polar surface area (TPSA) is 50.3 Å². The highest BCUT2D eigenvalue weighted by Crippen LogP contribution is 2.13. The Morgan fingerprint density at radius 2 is 1.87 bits per heavy atom. The predicted octanol–water partition coefficient (Wildman–Crippen LogP) is -0.937. The number of hydrogen-bond donors (Lipinski definition) is 3. The molecule has 1 amide bonds. The SMILES string of the molecule is CC(C)c1ccc(/C=N\NC(=O)CC[NH+]2CC[NH+](C)CC2)cc1. The van der Waals surface area contributed by atoms with Gasteiger partial charge in [0.2, 0.25) is 5.91 Å². The van der Waals surface area contributed by atoms with Gasteiger partial charge in [0.1, 0.15) is 26.2 Å². The molecule has 0 aromatic heterocycles. The first-order valence-electron chi connectivity index (χ1n) is 8.61. The van der Waals surface area contributed by atoms with E-state index in [4.69, 9.17) is 0 Å². The van der Waals surface area contributed by atoms with E-state index in [0.29, 0.717) is 12.3 Å². The Balaban J connectivity index is 1.69. The van der Waals surface area contributed by atoms with E-state index in [1.54, 1.807) is 11.1 Å². The van der Waals surface area contributed by atoms with Crippen molar-refractivity contribution in [2.24, 2.45) is 5.10 Å². The van der Waals surface area contributed by atoms with Gasteiger partial charge >= 0.3 is 0 Å². The number of carbonyl (C=O) groups is 1. The van der Waals surface area contributed by atoms with Crippen LogP contribution < -0.4 is 15.2 Å². The number of rotatable bonds is 6. The molecule has 1 aromatic rings. The number of amides is 1. The van der Waals surface area contributed by atoms with Gasteiger partial charge in [-0.15, -0.1) is 0 Å². The van der Waals surface area contributed by atoms with Gasteiger partial charge in [-0.3, -0.25) is 4.79 Å². The smallest absolute Gasteiger partial charge is 0.245 e. The van der Waals surface area contributed by atoms with Crippen LogP contribution in [0.15, 0.2) is 29.4 Å². The second-order valence-electron chi connectivity index (χ2n) is 6.82. The van der Waals surface area contributed by atoms with Crippen molar-refractivity contribution in [2.75, 3.05) is 39.8 Å². The van der Waals surface area contributed by atoms with E-state index in [-0.39, 0.29) is 5.91 Å². The zero-order valence-corrected chi connectivity index (χ0v) is 14.6. The van der Waals surface area contributed by atoms with Crippen LogP contribution in [0.1, 0.15) is 37.3 Å². The van der Waals surface area contributed by atoms with Gasteiger partial charge in [0, 0.05) is 0 Å². The maximum Gasteiger partial charge on any atom is 0.245 e. The van der Waals surface area contributed by atoms with Crippen molar-refractivity contribution in [1.82, 2.24) is 5.43 Å². The van der Waals surface area contributed by atoms with Crippen LogP contribution in [0.3, 0.4) is 0 Å². The van der Waals surface area contributed by atoms with Gasteiger partial charge in [-0.2, -0.15) is 5.10 Å². The van der Waals surface area contributed by atoms with Crippen LogP contribution in [0.25, 0.3) is 0 Å². The van der Waals surface area contributed by atoms with Crippen LogP contribution in [0.4, 0.5) is 0 Å². The van der Waals surface area contributed by atoms with Gasteiger partial charge in [0.05, 0.1) is 26.2 Å². The molecule has 5 nitrogen and oxygen atoms in total. The van der Waals surface area contributed by atoms with Crippen LogP contribution >= 0.6 is 0 Å². The van der Waals surface area contributed by atoms with Crippen LogP contribution in [-0.4, -0.2) is 51.9 Å². The van der Waals surface area contributed by atoms with E-state index in [1.807, 2.05) is 12.1 Å². The zero-order valence-electron chi connectivity index (χ0n) is 14.6. The summed E-state index contributed by atoms with van der Waals surface area (Å²) in [5.41, 5.74) is 4.94. The Bertz CT molecular complexity index is 516. The highest BCUT2D eigenvalue weighted by atomic mass is 16.2. The van der Waals surface area contributed by atoms with Crippen LogP contribution in [-0.2, 0) is 4.79 Å². The van der Waals surface area contributed by atoms with Crippen molar-refractivity contribution < 1.29 is 14.6 Å². The molecule has 1 heterocycles. The minimum absolute atomic E-state index is 0.00109. The molecule has 5 heteroatoms. The van der Waals surface area contributed by atoms with Crippen LogP contribution in [0, 0.1) is 0 Å². The Labute approximate surface area is 139 Å². The minimum Gasteiger partial charge on any atom is -0.328 e. The summed E-state index contributed by atoms with van der Waals surface area (Å²) < 4.78 is 0. The molecule has 0 saturated carbocycles. The number of hydrogen-bond acceptors (Lipinski definition) is 2. The lowest BCUT2D eigenvalue weighted by Crippen LogP contribution is -3.27. The molecule has 0 atom stereocenters. The normalized spacial score (nSPS) is 21.7. The van der Waals surface area contributed by atoms with Gasteiger partial charge in [-0.1, -0.05) is 38.1 Å². The minimum atomic E-state index is -0.00109. The van der Waals surface area contributed by atoms with Gasteiger partial charge in [0.25, 0.3) is 0 Å². The molecule has 1 aliphatic rings. The molecule has 1 aliphatic heterocycles. The molecule has 0 radical (unpaired) electrons. The highest BCUT2D eigenvalue weighted by molar-refractivity contribution is 5.82. The first-order valence-corrected chi connectivity index (χ1v) is 8.61. The summed E-state index contributed by atoms with van der Waals surface area (Å²) in [4.78, 5) is 15.0. The van der Waals surface area contributed by atoms with E-state index in [2.05, 4.69) is 43.6 Å². The largest absolute Gasteiger partial charge is 0.328 e. The quantitative estimate of drug-likeness (QED) is 0.460. The van der Waals surface area contributed by atoms with Crippen LogP contribution in [0.5, 0.6) is 0 Å². The summed E-state index contributed by atoms with van der Waals surface area (Å²) in [5, 5.41) is 4.05. The lowest BCUT2D eigenvalue weighted by Gasteiger charge is -2.26. The second-order valence-corrected chi connectivity index (χ2v) is 6.82. The zero-order chi connectivity index (χ0) is 16.7. The predicted molar refractivity (Wildman–Crippen MR) is 93.1 cm³/mol. The van der Waals surface area contributed by atoms with Crippen molar-refractivity contribution in [1.29, 1.82) is 0 Å². The molecule has 1 saturated heterocycles. The van der Waals surface area contributed by atoms with E-state index in [9.17, 15) is 4.79 Å². The molecular formula is C18H30N4O+2. The fourth-order valence-corrected chi connectivity index (χ4v) is 2.77. The van der Waals surface area contributed by atoms with E-state index in [0.717, 1.165) is 25.2 Å². The number of piperazine rings is 1. The summed E-state index contributed by atoms with van der Waals surface area (Å²) in [6.07, 6.45) is 2.24. The molecule has 1 aromatic carbocycles. The standard InChI is InChI=1S/C18H28N4O/c1-15(2)17-6-4-16(5-7-17)14-19-20-18(23)8-9-22-12-10-21(3)11-13-22/h4-7,14-15H,8-13H2,1-3H3,(H,20,23)/p+2/b19-14-. The Kier molecular flexibility index (Phi) is 6.74. The van der Waals surface area contributed by atoms with Crippen LogP contribution in [0.2, 0.25) is 0 Å². The average molecular weight is 318 g/mol. The monoisotopic (exact) mass is 318 g/mol. The van der Waals surface area contributed by atoms with E-state index < -0.39 is 0 Å². The summed E-state index contributed by atoms with van der Waals surface area (Å²) in [6.45, 7) is 9.95. The lowest BCUT2D eigenvalue weighted by atomic mass is 10.0. The van der Waals surface area contributed by atoms with E-state index >= 15 is 0 Å². The Morgan fingerprint density at radius 1 is 1.22 bits per heavy atom. The summed E-state index contributed by atoms with van der Waals surface area (Å²) in [6, 6.07) is 8.27. The molecule has 3 N–H and O–H groups in total. The summed E-state index contributed by atoms with van der Waals surface area (Å²) in [7, 11) is 2.23. The summed E-state index contributed by atoms with van der Waals surface area (Å²) >= 11 is 0. The van der Waals surface area contributed by atoms with Gasteiger partial charge in [-0.25, -0.2) is 5.43 Å². The Hall–Kier alpha value is -1.72. The lowest BCUT2D eigenvalue weighted by molar-refractivity contribution is -1.00. The second kappa shape index (κ2) is 8.79. The maximum atomic E-state index is 11.8. The van der Waals surface area contributed by atoms with Crippen molar-refractivity contribution in [2.45, 2.75) is 26.2 Å². The molecule has 126 valence electrons. The van der Waals surface area contributed by atoms with Crippen molar-refractivity contribution in [3.63, 3.8) is 0 Å². The van der Waals surface area contributed by atoms with E-state index in [1.165, 1.54) is 23.6 Å². The molecule has 1 fully saturated rings. The molecule has 0 unspecified atom stereocenters. The number of carbonyl (C=O) groups excluding carboxylic acids is 1. The fraction of sp³-hybridized carbons (Fsp3) is 0.556. The van der Waals surface area contributed by atoms with Gasteiger partial charge < -0.3 is 9.80 Å². The molecule has 0 spiro atoms. The van der Waals surface area contributed by atoms with Crippen molar-refractivity contribution in [3.05, 3.63) is 35.4 Å². The maximum absolute atomic E-state index is 11.8. The fourth-order valence-electron chi connectivity index (χ4n) is 2.77. The average Bonchev–Trinajstić information content (AvgIpc) is 2.55. The summed E-state index contributed by atoms with van der Waals surface area (Å²) in [5.74, 6) is 0.526. The third-order valence-corrected chi connectivity index (χ3v) is 4.52. The third kappa shape index (κ3) is 6.12. The molecule has 2 rings (SSSR count). The number of nitrogens with one attached hydrogen (secondary N) is 3. The van der Waals surface area contributed by atoms with Crippen molar-refractivity contribution >= 4 is 12.1 Å². The van der Waals surface area contributed by atoms with Crippen molar-refractivity contribution in [3.8, 4) is 0 Å². The highest BCUT2D eigenvalue weighted by Gasteiger charge is 2.20. The molecule has 23 heavy (non-hydrogen) atoms. The molecule has 0 bridgehead atoms. The molecular weight excluding hydrogens is 288 g/mol.